The number of hydrogen-bond acceptors (Lipinski definition) is 3. The first-order chi connectivity index (χ1) is 10.5. The third-order valence-corrected chi connectivity index (χ3v) is 4.81. The van der Waals surface area contributed by atoms with Gasteiger partial charge in [0, 0.05) is 15.9 Å². The van der Waals surface area contributed by atoms with Crippen molar-refractivity contribution in [2.75, 3.05) is 20.1 Å². The van der Waals surface area contributed by atoms with Crippen molar-refractivity contribution in [2.24, 2.45) is 0 Å². The monoisotopic (exact) mass is 381 g/mol. The predicted octanol–water partition coefficient (Wildman–Crippen LogP) is 3.47. The van der Waals surface area contributed by atoms with Crippen molar-refractivity contribution in [1.29, 1.82) is 0 Å². The molecule has 0 radical (unpaired) electrons. The molecule has 0 atom stereocenters. The fraction of sp³-hybridized carbons (Fsp3) is 0.375. The highest BCUT2D eigenvalue weighted by molar-refractivity contribution is 9.10. The Labute approximate surface area is 143 Å². The van der Waals surface area contributed by atoms with Gasteiger partial charge in [0.2, 0.25) is 0 Å². The van der Waals surface area contributed by atoms with Crippen molar-refractivity contribution in [2.45, 2.75) is 18.9 Å². The molecule has 2 aromatic rings. The second kappa shape index (κ2) is 6.52. The van der Waals surface area contributed by atoms with Crippen molar-refractivity contribution >= 4 is 44.3 Å². The van der Waals surface area contributed by atoms with Crippen LogP contribution in [0.1, 0.15) is 23.3 Å². The molecule has 0 saturated carbocycles. The summed E-state index contributed by atoms with van der Waals surface area (Å²) in [6.45, 7) is 2.01. The molecule has 1 aromatic heterocycles. The molecule has 1 N–H and O–H groups in total. The molecule has 6 heteroatoms. The van der Waals surface area contributed by atoms with Gasteiger partial charge in [-0.25, -0.2) is 4.98 Å². The maximum atomic E-state index is 12.4. The summed E-state index contributed by atoms with van der Waals surface area (Å²) in [4.78, 5) is 19.1. The summed E-state index contributed by atoms with van der Waals surface area (Å²) in [5, 5.41) is 4.44. The van der Waals surface area contributed by atoms with Gasteiger partial charge < -0.3 is 10.2 Å². The molecular weight excluding hydrogens is 366 g/mol. The normalized spacial score (nSPS) is 16.9. The lowest BCUT2D eigenvalue weighted by Crippen LogP contribution is -2.43. The molecule has 0 spiro atoms. The third kappa shape index (κ3) is 3.42. The van der Waals surface area contributed by atoms with Gasteiger partial charge in [-0.1, -0.05) is 27.5 Å². The zero-order valence-electron chi connectivity index (χ0n) is 12.3. The molecule has 1 aliphatic rings. The van der Waals surface area contributed by atoms with Gasteiger partial charge in [0.1, 0.15) is 5.69 Å². The number of nitrogens with one attached hydrogen (secondary N) is 1. The third-order valence-electron chi connectivity index (χ3n) is 4.01. The molecule has 2 heterocycles. The highest BCUT2D eigenvalue weighted by Gasteiger charge is 2.20. The van der Waals surface area contributed by atoms with Crippen LogP contribution in [0.2, 0.25) is 5.02 Å². The topological polar surface area (TPSA) is 45.2 Å². The van der Waals surface area contributed by atoms with Gasteiger partial charge >= 0.3 is 0 Å². The van der Waals surface area contributed by atoms with Crippen LogP contribution in [-0.2, 0) is 0 Å². The molecule has 0 aliphatic carbocycles. The maximum absolute atomic E-state index is 12.4. The number of likely N-dealkylation sites (tertiary alicyclic amines) is 1. The van der Waals surface area contributed by atoms with E-state index in [9.17, 15) is 4.79 Å². The van der Waals surface area contributed by atoms with Crippen LogP contribution in [0.25, 0.3) is 10.9 Å². The number of carbonyl (C=O) groups is 1. The Hall–Kier alpha value is -1.17. The minimum absolute atomic E-state index is 0.152. The van der Waals surface area contributed by atoms with Crippen LogP contribution in [0.15, 0.2) is 28.7 Å². The van der Waals surface area contributed by atoms with Crippen molar-refractivity contribution in [3.8, 4) is 0 Å². The van der Waals surface area contributed by atoms with E-state index in [2.05, 4.69) is 38.2 Å². The number of halogens is 2. The fourth-order valence-electron chi connectivity index (χ4n) is 2.69. The Balaban J connectivity index is 1.80. The number of pyridine rings is 1. The Morgan fingerprint density at radius 3 is 2.82 bits per heavy atom. The number of hydrogen-bond donors (Lipinski definition) is 1. The van der Waals surface area contributed by atoms with Gasteiger partial charge in [0.25, 0.3) is 5.91 Å². The van der Waals surface area contributed by atoms with Crippen molar-refractivity contribution in [1.82, 2.24) is 15.2 Å². The molecule has 22 heavy (non-hydrogen) atoms. The molecule has 3 rings (SSSR count). The molecule has 1 aliphatic heterocycles. The Bertz CT molecular complexity index is 714. The van der Waals surface area contributed by atoms with Crippen LogP contribution in [0.5, 0.6) is 0 Å². The summed E-state index contributed by atoms with van der Waals surface area (Å²) in [6, 6.07) is 7.51. The molecular formula is C16H17BrClN3O. The van der Waals surface area contributed by atoms with E-state index >= 15 is 0 Å². The molecule has 1 fully saturated rings. The Morgan fingerprint density at radius 2 is 2.09 bits per heavy atom. The minimum atomic E-state index is -0.152. The lowest BCUT2D eigenvalue weighted by molar-refractivity contribution is 0.0912. The van der Waals surface area contributed by atoms with Crippen LogP contribution in [0.3, 0.4) is 0 Å². The average Bonchev–Trinajstić information content (AvgIpc) is 2.50. The van der Waals surface area contributed by atoms with E-state index in [-0.39, 0.29) is 11.9 Å². The van der Waals surface area contributed by atoms with E-state index in [0.717, 1.165) is 41.3 Å². The second-order valence-corrected chi connectivity index (χ2v) is 7.02. The molecule has 4 nitrogen and oxygen atoms in total. The van der Waals surface area contributed by atoms with Crippen molar-refractivity contribution < 1.29 is 4.79 Å². The molecule has 0 bridgehead atoms. The SMILES string of the molecule is CN1CCC(NC(=O)c2cc(Cl)c3cc(Br)ccc3n2)CC1. The summed E-state index contributed by atoms with van der Waals surface area (Å²) in [5.41, 5.74) is 1.10. The summed E-state index contributed by atoms with van der Waals surface area (Å²) in [6.07, 6.45) is 1.94. The van der Waals surface area contributed by atoms with Crippen molar-refractivity contribution in [3.63, 3.8) is 0 Å². The van der Waals surface area contributed by atoms with Gasteiger partial charge in [0.05, 0.1) is 10.5 Å². The van der Waals surface area contributed by atoms with Gasteiger partial charge in [-0.05, 0) is 57.2 Å². The molecule has 116 valence electrons. The zero-order chi connectivity index (χ0) is 15.7. The first-order valence-corrected chi connectivity index (χ1v) is 8.45. The molecule has 1 saturated heterocycles. The van der Waals surface area contributed by atoms with Crippen LogP contribution in [0, 0.1) is 0 Å². The van der Waals surface area contributed by atoms with E-state index in [1.54, 1.807) is 6.07 Å². The Kier molecular flexibility index (Phi) is 4.66. The quantitative estimate of drug-likeness (QED) is 0.865. The second-order valence-electron chi connectivity index (χ2n) is 5.70. The average molecular weight is 383 g/mol. The van der Waals surface area contributed by atoms with Gasteiger partial charge in [-0.2, -0.15) is 0 Å². The smallest absolute Gasteiger partial charge is 0.270 e. The number of carbonyl (C=O) groups excluding carboxylic acids is 1. The van der Waals surface area contributed by atoms with Crippen LogP contribution < -0.4 is 5.32 Å². The number of aromatic nitrogens is 1. The van der Waals surface area contributed by atoms with Crippen LogP contribution >= 0.6 is 27.5 Å². The van der Waals surface area contributed by atoms with Gasteiger partial charge in [0.15, 0.2) is 0 Å². The van der Waals surface area contributed by atoms with Crippen LogP contribution in [0.4, 0.5) is 0 Å². The van der Waals surface area contributed by atoms with Crippen LogP contribution in [-0.4, -0.2) is 42.0 Å². The Morgan fingerprint density at radius 1 is 1.36 bits per heavy atom. The largest absolute Gasteiger partial charge is 0.348 e. The molecule has 0 unspecified atom stereocenters. The minimum Gasteiger partial charge on any atom is -0.348 e. The number of rotatable bonds is 2. The zero-order valence-corrected chi connectivity index (χ0v) is 14.6. The number of nitrogens with zero attached hydrogens (tertiary/aromatic N) is 2. The summed E-state index contributed by atoms with van der Waals surface area (Å²) >= 11 is 9.71. The molecule has 1 aromatic carbocycles. The number of fused-ring (bicyclic) bond motifs is 1. The van der Waals surface area contributed by atoms with E-state index < -0.39 is 0 Å². The first kappa shape index (κ1) is 15.7. The number of benzene rings is 1. The standard InChI is InChI=1S/C16H17BrClN3O/c1-21-6-4-11(5-7-21)19-16(22)15-9-13(18)12-8-10(17)2-3-14(12)20-15/h2-3,8-9,11H,4-7H2,1H3,(H,19,22). The highest BCUT2D eigenvalue weighted by Crippen LogP contribution is 2.26. The summed E-state index contributed by atoms with van der Waals surface area (Å²) in [5.74, 6) is -0.152. The number of amides is 1. The van der Waals surface area contributed by atoms with Gasteiger partial charge in [-0.3, -0.25) is 4.79 Å². The van der Waals surface area contributed by atoms with Crippen molar-refractivity contribution in [3.05, 3.63) is 39.5 Å². The maximum Gasteiger partial charge on any atom is 0.270 e. The highest BCUT2D eigenvalue weighted by atomic mass is 79.9. The van der Waals surface area contributed by atoms with E-state index in [4.69, 9.17) is 11.6 Å². The fourth-order valence-corrected chi connectivity index (χ4v) is 3.30. The lowest BCUT2D eigenvalue weighted by Gasteiger charge is -2.29. The van der Waals surface area contributed by atoms with E-state index in [1.807, 2.05) is 18.2 Å². The van der Waals surface area contributed by atoms with Gasteiger partial charge in [-0.15, -0.1) is 0 Å². The number of piperidine rings is 1. The van der Waals surface area contributed by atoms with E-state index in [1.165, 1.54) is 0 Å². The predicted molar refractivity (Wildman–Crippen MR) is 92.4 cm³/mol. The molecule has 1 amide bonds. The first-order valence-electron chi connectivity index (χ1n) is 7.28. The van der Waals surface area contributed by atoms with E-state index in [0.29, 0.717) is 10.7 Å². The summed E-state index contributed by atoms with van der Waals surface area (Å²) in [7, 11) is 2.10. The summed E-state index contributed by atoms with van der Waals surface area (Å²) < 4.78 is 0.937. The lowest BCUT2D eigenvalue weighted by atomic mass is 10.1.